The molecular weight excluding hydrogens is 248 g/mol. The highest BCUT2D eigenvalue weighted by molar-refractivity contribution is 5.85. The molecule has 0 bridgehead atoms. The zero-order chi connectivity index (χ0) is 14.4. The second kappa shape index (κ2) is 6.75. The van der Waals surface area contributed by atoms with Crippen molar-refractivity contribution in [3.63, 3.8) is 0 Å². The first-order valence-corrected chi connectivity index (χ1v) is 5.98. The van der Waals surface area contributed by atoms with Crippen LogP contribution in [0.3, 0.4) is 0 Å². The molecule has 0 aromatic heterocycles. The third-order valence-corrected chi connectivity index (χ3v) is 2.73. The molecule has 4 N–H and O–H groups in total. The summed E-state index contributed by atoms with van der Waals surface area (Å²) in [6.07, 6.45) is 0.301. The monoisotopic (exact) mass is 266 g/mol. The van der Waals surface area contributed by atoms with Crippen molar-refractivity contribution < 1.29 is 19.8 Å². The normalized spacial score (nSPS) is 11.9. The molecule has 0 unspecified atom stereocenters. The maximum absolute atomic E-state index is 12.0. The lowest BCUT2D eigenvalue weighted by atomic mass is 10.1. The van der Waals surface area contributed by atoms with E-state index in [4.69, 9.17) is 15.9 Å². The maximum atomic E-state index is 12.0. The van der Waals surface area contributed by atoms with Gasteiger partial charge in [-0.1, -0.05) is 12.1 Å². The Morgan fingerprint density at radius 2 is 1.89 bits per heavy atom. The van der Waals surface area contributed by atoms with Crippen LogP contribution in [0.4, 0.5) is 0 Å². The van der Waals surface area contributed by atoms with Gasteiger partial charge in [-0.05, 0) is 31.0 Å². The van der Waals surface area contributed by atoms with E-state index in [0.29, 0.717) is 13.0 Å². The fourth-order valence-corrected chi connectivity index (χ4v) is 1.72. The van der Waals surface area contributed by atoms with Crippen LogP contribution in [0.15, 0.2) is 24.3 Å². The van der Waals surface area contributed by atoms with E-state index in [9.17, 15) is 9.59 Å². The number of aliphatic carboxylic acids is 1. The van der Waals surface area contributed by atoms with E-state index >= 15 is 0 Å². The van der Waals surface area contributed by atoms with Crippen LogP contribution in [0.2, 0.25) is 0 Å². The summed E-state index contributed by atoms with van der Waals surface area (Å²) in [4.78, 5) is 23.8. The molecular formula is C13H18N2O4. The number of carbonyl (C=O) groups excluding carboxylic acids is 1. The van der Waals surface area contributed by atoms with Crippen molar-refractivity contribution in [1.29, 1.82) is 0 Å². The molecule has 6 nitrogen and oxygen atoms in total. The second-order valence-corrected chi connectivity index (χ2v) is 4.22. The lowest BCUT2D eigenvalue weighted by Gasteiger charge is -2.22. The maximum Gasteiger partial charge on any atom is 0.323 e. The number of hydrogen-bond acceptors (Lipinski definition) is 4. The molecule has 104 valence electrons. The number of amides is 1. The van der Waals surface area contributed by atoms with Gasteiger partial charge in [-0.3, -0.25) is 9.59 Å². The lowest BCUT2D eigenvalue weighted by Crippen LogP contribution is -2.46. The van der Waals surface area contributed by atoms with Gasteiger partial charge in [0.05, 0.1) is 6.04 Å². The number of rotatable bonds is 6. The Morgan fingerprint density at radius 1 is 1.32 bits per heavy atom. The van der Waals surface area contributed by atoms with E-state index in [2.05, 4.69) is 0 Å². The van der Waals surface area contributed by atoms with Gasteiger partial charge in [0.25, 0.3) is 0 Å². The average molecular weight is 266 g/mol. The van der Waals surface area contributed by atoms with Crippen LogP contribution in [0.1, 0.15) is 12.5 Å². The molecule has 1 aromatic carbocycles. The van der Waals surface area contributed by atoms with Crippen LogP contribution in [0, 0.1) is 0 Å². The average Bonchev–Trinajstić information content (AvgIpc) is 2.37. The minimum absolute atomic E-state index is 0.143. The summed E-state index contributed by atoms with van der Waals surface area (Å²) in [5, 5.41) is 17.9. The quantitative estimate of drug-likeness (QED) is 0.682. The Labute approximate surface area is 111 Å². The third-order valence-electron chi connectivity index (χ3n) is 2.73. The zero-order valence-electron chi connectivity index (χ0n) is 10.7. The number of aromatic hydroxyl groups is 1. The Bertz CT molecular complexity index is 444. The highest BCUT2D eigenvalue weighted by atomic mass is 16.4. The van der Waals surface area contributed by atoms with Crippen LogP contribution in [-0.4, -0.2) is 46.1 Å². The van der Waals surface area contributed by atoms with Crippen LogP contribution >= 0.6 is 0 Å². The van der Waals surface area contributed by atoms with Crippen LogP contribution < -0.4 is 5.73 Å². The molecule has 0 fully saturated rings. The van der Waals surface area contributed by atoms with Crippen LogP contribution in [-0.2, 0) is 16.0 Å². The third kappa shape index (κ3) is 4.59. The first kappa shape index (κ1) is 15.0. The number of phenolic OH excluding ortho intramolecular Hbond substituents is 1. The van der Waals surface area contributed by atoms with Gasteiger partial charge in [-0.2, -0.15) is 0 Å². The smallest absolute Gasteiger partial charge is 0.323 e. The number of benzene rings is 1. The summed E-state index contributed by atoms with van der Waals surface area (Å²) in [7, 11) is 0. The Kier molecular flexibility index (Phi) is 5.32. The first-order chi connectivity index (χ1) is 8.93. The van der Waals surface area contributed by atoms with Gasteiger partial charge in [0, 0.05) is 6.54 Å². The molecule has 1 atom stereocenters. The van der Waals surface area contributed by atoms with Gasteiger partial charge in [-0.15, -0.1) is 0 Å². The van der Waals surface area contributed by atoms with Crippen molar-refractivity contribution in [3.8, 4) is 5.75 Å². The van der Waals surface area contributed by atoms with E-state index in [-0.39, 0.29) is 12.3 Å². The highest BCUT2D eigenvalue weighted by Gasteiger charge is 2.21. The predicted molar refractivity (Wildman–Crippen MR) is 69.7 cm³/mol. The fraction of sp³-hybridized carbons (Fsp3) is 0.385. The molecule has 0 aliphatic carbocycles. The minimum atomic E-state index is -1.06. The number of hydrogen-bond donors (Lipinski definition) is 3. The number of carbonyl (C=O) groups is 2. The number of carboxylic acid groups (broad SMARTS) is 1. The standard InChI is InChI=1S/C13H18N2O4/c1-2-15(8-12(17)18)13(19)11(14)7-9-3-5-10(16)6-4-9/h3-6,11,16H,2,7-8,14H2,1H3,(H,17,18)/t11-/m1/s1. The van der Waals surface area contributed by atoms with Crippen molar-refractivity contribution in [1.82, 2.24) is 4.90 Å². The van der Waals surface area contributed by atoms with Gasteiger partial charge in [0.2, 0.25) is 5.91 Å². The lowest BCUT2D eigenvalue weighted by molar-refractivity contribution is -0.144. The molecule has 0 radical (unpaired) electrons. The molecule has 19 heavy (non-hydrogen) atoms. The Hall–Kier alpha value is -2.08. The van der Waals surface area contributed by atoms with E-state index < -0.39 is 17.9 Å². The number of nitrogens with zero attached hydrogens (tertiary/aromatic N) is 1. The molecule has 0 heterocycles. The van der Waals surface area contributed by atoms with Gasteiger partial charge in [0.1, 0.15) is 12.3 Å². The Balaban J connectivity index is 2.65. The minimum Gasteiger partial charge on any atom is -0.508 e. The largest absolute Gasteiger partial charge is 0.508 e. The van der Waals surface area contributed by atoms with Crippen molar-refractivity contribution in [2.24, 2.45) is 5.73 Å². The van der Waals surface area contributed by atoms with E-state index in [1.807, 2.05) is 0 Å². The number of carboxylic acids is 1. The van der Waals surface area contributed by atoms with Gasteiger partial charge in [-0.25, -0.2) is 0 Å². The summed E-state index contributed by atoms with van der Waals surface area (Å²) < 4.78 is 0. The molecule has 1 aromatic rings. The van der Waals surface area contributed by atoms with Crippen molar-refractivity contribution in [3.05, 3.63) is 29.8 Å². The van der Waals surface area contributed by atoms with Gasteiger partial charge >= 0.3 is 5.97 Å². The second-order valence-electron chi connectivity index (χ2n) is 4.22. The molecule has 0 saturated carbocycles. The summed E-state index contributed by atoms with van der Waals surface area (Å²) in [6, 6.07) is 5.60. The highest BCUT2D eigenvalue weighted by Crippen LogP contribution is 2.11. The van der Waals surface area contributed by atoms with Crippen LogP contribution in [0.5, 0.6) is 5.75 Å². The number of phenols is 1. The van der Waals surface area contributed by atoms with E-state index in [1.54, 1.807) is 19.1 Å². The van der Waals surface area contributed by atoms with Crippen molar-refractivity contribution in [2.45, 2.75) is 19.4 Å². The zero-order valence-corrected chi connectivity index (χ0v) is 10.7. The van der Waals surface area contributed by atoms with Crippen molar-refractivity contribution in [2.75, 3.05) is 13.1 Å². The summed E-state index contributed by atoms with van der Waals surface area (Å²) in [6.45, 7) is 1.65. The SMILES string of the molecule is CCN(CC(=O)O)C(=O)[C@H](N)Cc1ccc(O)cc1. The van der Waals surface area contributed by atoms with Crippen LogP contribution in [0.25, 0.3) is 0 Å². The molecule has 1 rings (SSSR count). The molecule has 0 saturated heterocycles. The molecule has 0 spiro atoms. The number of likely N-dealkylation sites (N-methyl/N-ethyl adjacent to an activating group) is 1. The molecule has 1 amide bonds. The molecule has 6 heteroatoms. The summed E-state index contributed by atoms with van der Waals surface area (Å²) in [5.74, 6) is -1.31. The summed E-state index contributed by atoms with van der Waals surface area (Å²) in [5.41, 5.74) is 6.60. The first-order valence-electron chi connectivity index (χ1n) is 5.98. The topological polar surface area (TPSA) is 104 Å². The molecule has 0 aliphatic rings. The van der Waals surface area contributed by atoms with Crippen molar-refractivity contribution >= 4 is 11.9 Å². The Morgan fingerprint density at radius 3 is 2.37 bits per heavy atom. The fourth-order valence-electron chi connectivity index (χ4n) is 1.72. The number of nitrogens with two attached hydrogens (primary N) is 1. The van der Waals surface area contributed by atoms with Gasteiger partial charge in [0.15, 0.2) is 0 Å². The predicted octanol–water partition coefficient (Wildman–Crippen LogP) is 0.195. The van der Waals surface area contributed by atoms with Gasteiger partial charge < -0.3 is 20.8 Å². The van der Waals surface area contributed by atoms with E-state index in [1.165, 1.54) is 17.0 Å². The van der Waals surface area contributed by atoms with E-state index in [0.717, 1.165) is 5.56 Å². The molecule has 0 aliphatic heterocycles. The summed E-state index contributed by atoms with van der Waals surface area (Å²) >= 11 is 0.